The van der Waals surface area contributed by atoms with Crippen molar-refractivity contribution in [1.29, 1.82) is 0 Å². The van der Waals surface area contributed by atoms with Gasteiger partial charge in [-0.3, -0.25) is 4.79 Å². The van der Waals surface area contributed by atoms with E-state index in [9.17, 15) is 9.18 Å². The highest BCUT2D eigenvalue weighted by Crippen LogP contribution is 2.49. The fraction of sp³-hybridized carbons (Fsp3) is 0.438. The van der Waals surface area contributed by atoms with Crippen LogP contribution in [-0.2, 0) is 4.79 Å². The third-order valence-electron chi connectivity index (χ3n) is 4.00. The summed E-state index contributed by atoms with van der Waals surface area (Å²) in [4.78, 5) is 12.3. The molecule has 2 heterocycles. The van der Waals surface area contributed by atoms with Crippen molar-refractivity contribution in [3.05, 3.63) is 41.2 Å². The molecule has 0 aromatic heterocycles. The molecule has 2 aliphatic rings. The molecule has 0 spiro atoms. The zero-order chi connectivity index (χ0) is 13.4. The topological polar surface area (TPSA) is 17.1 Å². The van der Waals surface area contributed by atoms with Gasteiger partial charge in [0.05, 0.1) is 0 Å². The normalized spacial score (nSPS) is 25.8. The summed E-state index contributed by atoms with van der Waals surface area (Å²) in [6, 6.07) is 6.59. The van der Waals surface area contributed by atoms with E-state index in [0.29, 0.717) is 16.9 Å². The van der Waals surface area contributed by atoms with Gasteiger partial charge in [-0.2, -0.15) is 0 Å². The molecule has 2 atom stereocenters. The molecule has 1 aromatic rings. The molecule has 19 heavy (non-hydrogen) atoms. The first-order chi connectivity index (χ1) is 9.19. The van der Waals surface area contributed by atoms with Gasteiger partial charge in [-0.1, -0.05) is 19.1 Å². The number of benzene rings is 1. The number of fused-ring (bicyclic) bond motifs is 2. The Morgan fingerprint density at radius 2 is 2.05 bits per heavy atom. The van der Waals surface area contributed by atoms with E-state index < -0.39 is 0 Å². The Balaban J connectivity index is 2.07. The van der Waals surface area contributed by atoms with Crippen molar-refractivity contribution in [2.45, 2.75) is 43.1 Å². The maximum Gasteiger partial charge on any atom is 0.160 e. The predicted molar refractivity (Wildman–Crippen MR) is 77.6 cm³/mol. The molecule has 3 heteroatoms. The third-order valence-corrected chi connectivity index (χ3v) is 5.59. The van der Waals surface area contributed by atoms with Gasteiger partial charge in [-0.15, -0.1) is 11.8 Å². The molecule has 0 radical (unpaired) electrons. The highest BCUT2D eigenvalue weighted by molar-refractivity contribution is 8.01. The summed E-state index contributed by atoms with van der Waals surface area (Å²) in [5.74, 6) is 0.0399. The van der Waals surface area contributed by atoms with Crippen LogP contribution < -0.4 is 0 Å². The van der Waals surface area contributed by atoms with Gasteiger partial charge >= 0.3 is 0 Å². The summed E-state index contributed by atoms with van der Waals surface area (Å²) in [5, 5.41) is 1.00. The first-order valence-corrected chi connectivity index (χ1v) is 7.81. The van der Waals surface area contributed by atoms with Crippen molar-refractivity contribution in [2.75, 3.05) is 0 Å². The van der Waals surface area contributed by atoms with Crippen LogP contribution in [0.15, 0.2) is 29.8 Å². The molecule has 1 unspecified atom stereocenters. The molecular weight excluding hydrogens is 259 g/mol. The lowest BCUT2D eigenvalue weighted by Gasteiger charge is -2.25. The van der Waals surface area contributed by atoms with Crippen LogP contribution >= 0.6 is 11.8 Å². The minimum absolute atomic E-state index is 0.221. The third kappa shape index (κ3) is 2.36. The van der Waals surface area contributed by atoms with Crippen LogP contribution in [0.2, 0.25) is 0 Å². The molecule has 1 saturated heterocycles. The van der Waals surface area contributed by atoms with Crippen LogP contribution in [0.5, 0.6) is 0 Å². The number of allylic oxidation sites excluding steroid dienone is 1. The van der Waals surface area contributed by atoms with E-state index in [4.69, 9.17) is 0 Å². The number of Topliss-reactive ketones (excluding diaryl/α,β-unsaturated/α-hetero) is 1. The van der Waals surface area contributed by atoms with Crippen molar-refractivity contribution in [3.63, 3.8) is 0 Å². The number of carbonyl (C=O) groups excluding carboxylic acids is 1. The summed E-state index contributed by atoms with van der Waals surface area (Å²) in [7, 11) is 0. The number of carbonyl (C=O) groups is 1. The molecule has 2 aliphatic heterocycles. The number of rotatable bonds is 3. The number of thioether (sulfide) groups is 1. The number of ketones is 1. The zero-order valence-corrected chi connectivity index (χ0v) is 11.8. The van der Waals surface area contributed by atoms with Crippen LogP contribution in [0, 0.1) is 5.82 Å². The second kappa shape index (κ2) is 5.12. The largest absolute Gasteiger partial charge is 0.295 e. The fourth-order valence-corrected chi connectivity index (χ4v) is 4.74. The Morgan fingerprint density at radius 1 is 1.32 bits per heavy atom. The lowest BCUT2D eigenvalue weighted by molar-refractivity contribution is -0.115. The number of hydrogen-bond acceptors (Lipinski definition) is 2. The summed E-state index contributed by atoms with van der Waals surface area (Å²) in [6.45, 7) is 1.92. The summed E-state index contributed by atoms with van der Waals surface area (Å²) < 4.78 is 13.1. The second-order valence-corrected chi connectivity index (χ2v) is 6.71. The molecular formula is C16H17FOS. The first kappa shape index (κ1) is 12.9. The summed E-state index contributed by atoms with van der Waals surface area (Å²) in [6.07, 6.45) is 3.82. The van der Waals surface area contributed by atoms with Gasteiger partial charge in [0.25, 0.3) is 0 Å². The van der Waals surface area contributed by atoms with Crippen LogP contribution in [0.1, 0.15) is 38.2 Å². The predicted octanol–water partition coefficient (Wildman–Crippen LogP) is 4.23. The highest BCUT2D eigenvalue weighted by Gasteiger charge is 2.37. The maximum atomic E-state index is 13.1. The SMILES string of the molecule is CCC(=O)C1=C(c2ccc(F)cc2)CC2CC[C@@H]1S2. The van der Waals surface area contributed by atoms with E-state index in [1.807, 2.05) is 30.8 Å². The minimum Gasteiger partial charge on any atom is -0.295 e. The molecule has 3 rings (SSSR count). The van der Waals surface area contributed by atoms with E-state index in [-0.39, 0.29) is 11.6 Å². The highest BCUT2D eigenvalue weighted by atomic mass is 32.2. The number of hydrogen-bond donors (Lipinski definition) is 0. The van der Waals surface area contributed by atoms with Gasteiger partial charge in [-0.05, 0) is 42.5 Å². The van der Waals surface area contributed by atoms with E-state index >= 15 is 0 Å². The lowest BCUT2D eigenvalue weighted by Crippen LogP contribution is -2.19. The molecule has 1 nitrogen and oxygen atoms in total. The Morgan fingerprint density at radius 3 is 2.74 bits per heavy atom. The zero-order valence-electron chi connectivity index (χ0n) is 11.0. The smallest absolute Gasteiger partial charge is 0.160 e. The molecule has 100 valence electrons. The van der Waals surface area contributed by atoms with E-state index in [0.717, 1.165) is 29.6 Å². The van der Waals surface area contributed by atoms with Crippen molar-refractivity contribution < 1.29 is 9.18 Å². The van der Waals surface area contributed by atoms with Crippen molar-refractivity contribution >= 4 is 23.1 Å². The van der Waals surface area contributed by atoms with Crippen molar-refractivity contribution in [3.8, 4) is 0 Å². The molecule has 0 aliphatic carbocycles. The monoisotopic (exact) mass is 276 g/mol. The Hall–Kier alpha value is -1.09. The van der Waals surface area contributed by atoms with E-state index in [1.54, 1.807) is 0 Å². The Bertz CT molecular complexity index is 532. The van der Waals surface area contributed by atoms with E-state index in [1.165, 1.54) is 18.6 Å². The van der Waals surface area contributed by atoms with Crippen molar-refractivity contribution in [2.24, 2.45) is 0 Å². The fourth-order valence-electron chi connectivity index (χ4n) is 3.06. The number of halogens is 1. The average Bonchev–Trinajstić information content (AvgIpc) is 2.80. The molecule has 0 saturated carbocycles. The molecule has 1 aromatic carbocycles. The molecule has 1 fully saturated rings. The van der Waals surface area contributed by atoms with E-state index in [2.05, 4.69) is 0 Å². The molecule has 0 N–H and O–H groups in total. The maximum absolute atomic E-state index is 13.1. The lowest BCUT2D eigenvalue weighted by atomic mass is 9.92. The van der Waals surface area contributed by atoms with Gasteiger partial charge in [0.1, 0.15) is 5.82 Å². The van der Waals surface area contributed by atoms with Crippen LogP contribution in [0.4, 0.5) is 4.39 Å². The second-order valence-electron chi connectivity index (χ2n) is 5.20. The first-order valence-electron chi connectivity index (χ1n) is 6.86. The van der Waals surface area contributed by atoms with Gasteiger partial charge in [-0.25, -0.2) is 4.39 Å². The average molecular weight is 276 g/mol. The Labute approximate surface area is 117 Å². The van der Waals surface area contributed by atoms with Gasteiger partial charge in [0.15, 0.2) is 5.78 Å². The summed E-state index contributed by atoms with van der Waals surface area (Å²) in [5.41, 5.74) is 3.20. The van der Waals surface area contributed by atoms with Crippen molar-refractivity contribution in [1.82, 2.24) is 0 Å². The van der Waals surface area contributed by atoms with Crippen LogP contribution in [0.3, 0.4) is 0 Å². The van der Waals surface area contributed by atoms with Gasteiger partial charge in [0.2, 0.25) is 0 Å². The van der Waals surface area contributed by atoms with Gasteiger partial charge < -0.3 is 0 Å². The van der Waals surface area contributed by atoms with Gasteiger partial charge in [0, 0.05) is 22.5 Å². The molecule has 0 amide bonds. The van der Waals surface area contributed by atoms with Crippen LogP contribution in [-0.4, -0.2) is 16.3 Å². The molecule has 2 bridgehead atoms. The standard InChI is InChI=1S/C16H17FOS/c1-2-14(18)16-13(9-12-7-8-15(16)19-12)10-3-5-11(17)6-4-10/h3-6,12,15H,2,7-9H2,1H3/t12?,15-/m0/s1. The quantitative estimate of drug-likeness (QED) is 0.822. The van der Waals surface area contributed by atoms with Crippen LogP contribution in [0.25, 0.3) is 5.57 Å². The Kier molecular flexibility index (Phi) is 3.48. The minimum atomic E-state index is -0.221. The summed E-state index contributed by atoms with van der Waals surface area (Å²) >= 11 is 1.95.